The van der Waals surface area contributed by atoms with Gasteiger partial charge in [-0.2, -0.15) is 0 Å². The van der Waals surface area contributed by atoms with Crippen molar-refractivity contribution >= 4 is 0 Å². The van der Waals surface area contributed by atoms with Gasteiger partial charge in [0.15, 0.2) is 0 Å². The summed E-state index contributed by atoms with van der Waals surface area (Å²) in [6.07, 6.45) is -0.505. The van der Waals surface area contributed by atoms with Crippen LogP contribution in [-0.2, 0) is 4.84 Å². The summed E-state index contributed by atoms with van der Waals surface area (Å²) < 4.78 is 0. The van der Waals surface area contributed by atoms with E-state index in [0.717, 1.165) is 11.1 Å². The summed E-state index contributed by atoms with van der Waals surface area (Å²) in [7, 11) is 0. The van der Waals surface area contributed by atoms with Crippen LogP contribution in [-0.4, -0.2) is 16.8 Å². The lowest BCUT2D eigenvalue weighted by Crippen LogP contribution is -2.07. The Bertz CT molecular complexity index is 323. The van der Waals surface area contributed by atoms with Crippen molar-refractivity contribution in [3.63, 3.8) is 0 Å². The van der Waals surface area contributed by atoms with Gasteiger partial charge in [0.05, 0.1) is 12.7 Å². The van der Waals surface area contributed by atoms with Crippen LogP contribution in [0.2, 0.25) is 0 Å². The summed E-state index contributed by atoms with van der Waals surface area (Å²) in [6.45, 7) is 1.86. The molecular formula is C10H13NO4. The van der Waals surface area contributed by atoms with E-state index in [9.17, 15) is 15.2 Å². The minimum absolute atomic E-state index is 0.0952. The average Bonchev–Trinajstić information content (AvgIpc) is 2.18. The third-order valence-electron chi connectivity index (χ3n) is 2.05. The number of benzene rings is 1. The molecule has 5 heteroatoms. The molecule has 1 rings (SSSR count). The van der Waals surface area contributed by atoms with E-state index in [1.165, 1.54) is 0 Å². The van der Waals surface area contributed by atoms with E-state index in [2.05, 4.69) is 4.84 Å². The lowest BCUT2D eigenvalue weighted by Gasteiger charge is -2.10. The van der Waals surface area contributed by atoms with E-state index >= 15 is 0 Å². The molecule has 0 fully saturated rings. The largest absolute Gasteiger partial charge is 0.388 e. The summed E-state index contributed by atoms with van der Waals surface area (Å²) in [4.78, 5) is 14.0. The van der Waals surface area contributed by atoms with Crippen LogP contribution < -0.4 is 0 Å². The zero-order valence-corrected chi connectivity index (χ0v) is 8.42. The van der Waals surface area contributed by atoms with Gasteiger partial charge in [0.2, 0.25) is 0 Å². The second kappa shape index (κ2) is 5.31. The highest BCUT2D eigenvalue weighted by atomic mass is 16.9. The topological polar surface area (TPSA) is 72.6 Å². The fourth-order valence-electron chi connectivity index (χ4n) is 1.19. The Morgan fingerprint density at radius 3 is 2.60 bits per heavy atom. The van der Waals surface area contributed by atoms with Gasteiger partial charge in [0.1, 0.15) is 0 Å². The van der Waals surface area contributed by atoms with Crippen molar-refractivity contribution < 1.29 is 15.0 Å². The van der Waals surface area contributed by atoms with Crippen molar-refractivity contribution in [3.8, 4) is 0 Å². The Balaban J connectivity index is 2.43. The normalized spacial score (nSPS) is 12.1. The molecule has 1 aromatic carbocycles. The first-order valence-electron chi connectivity index (χ1n) is 4.61. The van der Waals surface area contributed by atoms with Gasteiger partial charge in [-0.1, -0.05) is 29.8 Å². The van der Waals surface area contributed by atoms with E-state index in [0.29, 0.717) is 0 Å². The van der Waals surface area contributed by atoms with Crippen molar-refractivity contribution in [1.82, 2.24) is 0 Å². The molecule has 0 spiro atoms. The lowest BCUT2D eigenvalue weighted by molar-refractivity contribution is -0.758. The first-order valence-corrected chi connectivity index (χ1v) is 4.61. The van der Waals surface area contributed by atoms with Gasteiger partial charge < -0.3 is 9.94 Å². The zero-order chi connectivity index (χ0) is 11.3. The Morgan fingerprint density at radius 2 is 2.07 bits per heavy atom. The van der Waals surface area contributed by atoms with Crippen molar-refractivity contribution in [3.05, 3.63) is 45.5 Å². The fraction of sp³-hybridized carbons (Fsp3) is 0.400. The molecule has 0 amide bonds. The SMILES string of the molecule is Cc1ccc(C(O)CCO[N+](=O)[O-])cc1. The molecule has 0 aliphatic carbocycles. The number of aliphatic hydroxyl groups excluding tert-OH is 1. The molecule has 0 aliphatic rings. The number of hydrogen-bond donors (Lipinski definition) is 1. The average molecular weight is 211 g/mol. The minimum Gasteiger partial charge on any atom is -0.388 e. The van der Waals surface area contributed by atoms with Gasteiger partial charge in [-0.05, 0) is 12.5 Å². The number of aliphatic hydroxyl groups is 1. The molecule has 0 heterocycles. The van der Waals surface area contributed by atoms with Gasteiger partial charge >= 0.3 is 0 Å². The van der Waals surface area contributed by atoms with E-state index in [-0.39, 0.29) is 13.0 Å². The molecule has 15 heavy (non-hydrogen) atoms. The molecule has 0 saturated carbocycles. The Hall–Kier alpha value is -1.62. The lowest BCUT2D eigenvalue weighted by atomic mass is 10.1. The monoisotopic (exact) mass is 211 g/mol. The molecule has 1 aromatic rings. The number of nitrogens with zero attached hydrogens (tertiary/aromatic N) is 1. The predicted octanol–water partition coefficient (Wildman–Crippen LogP) is 1.63. The van der Waals surface area contributed by atoms with Gasteiger partial charge in [-0.25, -0.2) is 0 Å². The summed E-state index contributed by atoms with van der Waals surface area (Å²) >= 11 is 0. The highest BCUT2D eigenvalue weighted by Crippen LogP contribution is 2.16. The fourth-order valence-corrected chi connectivity index (χ4v) is 1.19. The molecule has 0 saturated heterocycles. The van der Waals surface area contributed by atoms with Crippen molar-refractivity contribution in [2.24, 2.45) is 0 Å². The van der Waals surface area contributed by atoms with E-state index in [1.54, 1.807) is 12.1 Å². The molecule has 1 atom stereocenters. The van der Waals surface area contributed by atoms with Crippen LogP contribution in [0.15, 0.2) is 24.3 Å². The molecule has 0 aliphatic heterocycles. The van der Waals surface area contributed by atoms with Crippen LogP contribution >= 0.6 is 0 Å². The number of rotatable bonds is 5. The maximum absolute atomic E-state index is 9.86. The summed E-state index contributed by atoms with van der Waals surface area (Å²) in [5.74, 6) is 0. The molecular weight excluding hydrogens is 198 g/mol. The summed E-state index contributed by atoms with van der Waals surface area (Å²) in [5, 5.41) is 18.6. The van der Waals surface area contributed by atoms with Gasteiger partial charge in [-0.15, -0.1) is 10.1 Å². The summed E-state index contributed by atoms with van der Waals surface area (Å²) in [6, 6.07) is 7.36. The molecule has 0 radical (unpaired) electrons. The van der Waals surface area contributed by atoms with Crippen LogP contribution in [0.1, 0.15) is 23.7 Å². The Labute approximate surface area is 87.4 Å². The van der Waals surface area contributed by atoms with Crippen molar-refractivity contribution in [2.75, 3.05) is 6.61 Å². The highest BCUT2D eigenvalue weighted by molar-refractivity contribution is 5.22. The maximum atomic E-state index is 9.86. The second-order valence-corrected chi connectivity index (χ2v) is 3.27. The minimum atomic E-state index is -0.859. The highest BCUT2D eigenvalue weighted by Gasteiger charge is 2.07. The Morgan fingerprint density at radius 1 is 1.47 bits per heavy atom. The van der Waals surface area contributed by atoms with E-state index in [1.807, 2.05) is 19.1 Å². The zero-order valence-electron chi connectivity index (χ0n) is 8.42. The molecule has 1 N–H and O–H groups in total. The smallest absolute Gasteiger partial charge is 0.294 e. The first-order chi connectivity index (χ1) is 7.09. The van der Waals surface area contributed by atoms with Gasteiger partial charge in [0, 0.05) is 6.42 Å². The van der Waals surface area contributed by atoms with Crippen LogP contribution in [0.3, 0.4) is 0 Å². The Kier molecular flexibility index (Phi) is 4.05. The predicted molar refractivity (Wildman–Crippen MR) is 53.7 cm³/mol. The standard InChI is InChI=1S/C10H13NO4/c1-8-2-4-9(5-3-8)10(12)6-7-15-11(13)14/h2-5,10,12H,6-7H2,1H3. The van der Waals surface area contributed by atoms with Gasteiger partial charge in [-0.3, -0.25) is 0 Å². The van der Waals surface area contributed by atoms with E-state index < -0.39 is 11.2 Å². The molecule has 5 nitrogen and oxygen atoms in total. The van der Waals surface area contributed by atoms with Gasteiger partial charge in [0.25, 0.3) is 5.09 Å². The van der Waals surface area contributed by atoms with Crippen LogP contribution in [0.4, 0.5) is 0 Å². The third kappa shape index (κ3) is 3.95. The third-order valence-corrected chi connectivity index (χ3v) is 2.05. The number of hydrogen-bond acceptors (Lipinski definition) is 4. The maximum Gasteiger partial charge on any atom is 0.294 e. The molecule has 0 bridgehead atoms. The molecule has 0 aromatic heterocycles. The van der Waals surface area contributed by atoms with Crippen LogP contribution in [0.25, 0.3) is 0 Å². The van der Waals surface area contributed by atoms with Crippen molar-refractivity contribution in [2.45, 2.75) is 19.4 Å². The van der Waals surface area contributed by atoms with E-state index in [4.69, 9.17) is 0 Å². The van der Waals surface area contributed by atoms with Crippen LogP contribution in [0.5, 0.6) is 0 Å². The van der Waals surface area contributed by atoms with Crippen molar-refractivity contribution in [1.29, 1.82) is 0 Å². The quantitative estimate of drug-likeness (QED) is 0.593. The van der Waals surface area contributed by atoms with Crippen LogP contribution in [0, 0.1) is 17.0 Å². The first kappa shape index (κ1) is 11.5. The molecule has 1 unspecified atom stereocenters. The second-order valence-electron chi connectivity index (χ2n) is 3.27. The summed E-state index contributed by atoms with van der Waals surface area (Å²) in [5.41, 5.74) is 1.85. The number of aryl methyl sites for hydroxylation is 1. The molecule has 82 valence electrons.